The molecule has 5 aromatic heterocycles. The number of hydrogen-bond acceptors (Lipinski definition) is 7. The Labute approximate surface area is 261 Å². The molecule has 9 nitrogen and oxygen atoms in total. The summed E-state index contributed by atoms with van der Waals surface area (Å²) in [5.74, 6) is 0.504. The highest BCUT2D eigenvalue weighted by atomic mass is 19.1. The van der Waals surface area contributed by atoms with Gasteiger partial charge in [-0.3, -0.25) is 15.1 Å². The molecule has 10 heteroatoms. The smallest absolute Gasteiger partial charge is 0.138 e. The number of benzene rings is 1. The van der Waals surface area contributed by atoms with Crippen molar-refractivity contribution in [1.82, 2.24) is 40.3 Å². The molecule has 6 aromatic rings. The minimum atomic E-state index is -0.290. The Hall–Kier alpha value is -4.67. The lowest BCUT2D eigenvalue weighted by atomic mass is 10.0. The Kier molecular flexibility index (Phi) is 8.23. The molecular weight excluding hydrogens is 565 g/mol. The average molecular weight is 604 g/mol. The predicted octanol–water partition coefficient (Wildman–Crippen LogP) is 6.62. The van der Waals surface area contributed by atoms with Crippen LogP contribution < -0.4 is 10.6 Å². The Morgan fingerprint density at radius 3 is 2.71 bits per heavy atom. The molecule has 4 N–H and O–H groups in total. The third-order valence-electron chi connectivity index (χ3n) is 8.66. The number of fused-ring (bicyclic) bond motifs is 2. The van der Waals surface area contributed by atoms with Crippen molar-refractivity contribution in [3.05, 3.63) is 78.6 Å². The van der Waals surface area contributed by atoms with Gasteiger partial charge in [0.15, 0.2) is 0 Å². The standard InChI is InChI=1S/C35H38FN9/c1-45(2)10-9-39-27-13-24(12-26(36)14-27)28-7-8-40-35-29(28)15-32(42-35)34-30-16-31(41-21-33(30)43-44-34)25-11-23(19-38-20-25)18-37-17-22-5-3-4-6-22/h7-8,11-16,19-22,37,39H,3-6,9-10,17-18H2,1-2H3,(H,40,42)(H,43,44). The number of pyridine rings is 3. The zero-order valence-corrected chi connectivity index (χ0v) is 25.7. The number of H-pyrrole nitrogens is 2. The number of rotatable bonds is 11. The van der Waals surface area contributed by atoms with Crippen LogP contribution in [0.4, 0.5) is 10.1 Å². The van der Waals surface area contributed by atoms with E-state index in [4.69, 9.17) is 4.98 Å². The lowest BCUT2D eigenvalue weighted by molar-refractivity contribution is 0.425. The van der Waals surface area contributed by atoms with E-state index >= 15 is 0 Å². The van der Waals surface area contributed by atoms with Crippen molar-refractivity contribution in [2.75, 3.05) is 39.0 Å². The first kappa shape index (κ1) is 29.1. The molecule has 1 aliphatic carbocycles. The highest BCUT2D eigenvalue weighted by Gasteiger charge is 2.17. The fourth-order valence-electron chi connectivity index (χ4n) is 6.32. The van der Waals surface area contributed by atoms with Crippen LogP contribution in [0.3, 0.4) is 0 Å². The molecule has 0 aliphatic heterocycles. The maximum Gasteiger partial charge on any atom is 0.138 e. The minimum absolute atomic E-state index is 0.290. The second kappa shape index (κ2) is 12.7. The van der Waals surface area contributed by atoms with Gasteiger partial charge in [-0.25, -0.2) is 9.37 Å². The van der Waals surface area contributed by atoms with E-state index in [0.29, 0.717) is 5.65 Å². The molecule has 1 aromatic carbocycles. The first-order chi connectivity index (χ1) is 22.0. The van der Waals surface area contributed by atoms with Crippen LogP contribution in [0.2, 0.25) is 0 Å². The summed E-state index contributed by atoms with van der Waals surface area (Å²) in [4.78, 5) is 19.3. The van der Waals surface area contributed by atoms with Crippen molar-refractivity contribution in [2.45, 2.75) is 32.2 Å². The molecule has 1 fully saturated rings. The second-order valence-corrected chi connectivity index (χ2v) is 12.3. The van der Waals surface area contributed by atoms with Crippen LogP contribution in [0, 0.1) is 11.7 Å². The Bertz CT molecular complexity index is 1940. The monoisotopic (exact) mass is 603 g/mol. The van der Waals surface area contributed by atoms with Gasteiger partial charge in [0.1, 0.15) is 17.2 Å². The number of aromatic nitrogens is 6. The number of likely N-dealkylation sites (N-methyl/N-ethyl adjacent to an activating group) is 1. The summed E-state index contributed by atoms with van der Waals surface area (Å²) in [5.41, 5.74) is 8.49. The molecule has 45 heavy (non-hydrogen) atoms. The molecule has 0 unspecified atom stereocenters. The molecule has 0 spiro atoms. The van der Waals surface area contributed by atoms with Crippen molar-refractivity contribution >= 4 is 27.6 Å². The van der Waals surface area contributed by atoms with Crippen molar-refractivity contribution in [1.29, 1.82) is 0 Å². The van der Waals surface area contributed by atoms with Crippen molar-refractivity contribution in [3.8, 4) is 33.8 Å². The summed E-state index contributed by atoms with van der Waals surface area (Å²) in [6, 6.07) is 13.2. The first-order valence-corrected chi connectivity index (χ1v) is 15.7. The molecule has 0 bridgehead atoms. The molecule has 0 amide bonds. The van der Waals surface area contributed by atoms with Crippen LogP contribution in [0.25, 0.3) is 55.7 Å². The SMILES string of the molecule is CN(C)CCNc1cc(F)cc(-c2ccnc3[nH]c(-c4n[nH]c5cnc(-c6cncc(CNCC7CCCC7)c6)cc45)cc23)c1. The molecule has 0 saturated heterocycles. The van der Waals surface area contributed by atoms with Gasteiger partial charge in [-0.15, -0.1) is 0 Å². The number of nitrogens with one attached hydrogen (secondary N) is 4. The third-order valence-corrected chi connectivity index (χ3v) is 8.66. The molecule has 0 radical (unpaired) electrons. The first-order valence-electron chi connectivity index (χ1n) is 15.7. The van der Waals surface area contributed by atoms with Gasteiger partial charge in [-0.1, -0.05) is 12.8 Å². The number of halogens is 1. The number of hydrogen-bond donors (Lipinski definition) is 4. The van der Waals surface area contributed by atoms with E-state index in [1.54, 1.807) is 12.3 Å². The highest BCUT2D eigenvalue weighted by molar-refractivity contribution is 6.00. The van der Waals surface area contributed by atoms with Gasteiger partial charge >= 0.3 is 0 Å². The average Bonchev–Trinajstić information content (AvgIpc) is 3.80. The number of aromatic amines is 2. The predicted molar refractivity (Wildman–Crippen MR) is 178 cm³/mol. The van der Waals surface area contributed by atoms with Crippen molar-refractivity contribution in [3.63, 3.8) is 0 Å². The van der Waals surface area contributed by atoms with Crippen molar-refractivity contribution in [2.24, 2.45) is 5.92 Å². The van der Waals surface area contributed by atoms with E-state index < -0.39 is 0 Å². The van der Waals surface area contributed by atoms with Crippen LogP contribution in [-0.2, 0) is 6.54 Å². The fraction of sp³-hybridized carbons (Fsp3) is 0.314. The van der Waals surface area contributed by atoms with Crippen LogP contribution >= 0.6 is 0 Å². The summed E-state index contributed by atoms with van der Waals surface area (Å²) >= 11 is 0. The summed E-state index contributed by atoms with van der Waals surface area (Å²) < 4.78 is 14.7. The quantitative estimate of drug-likeness (QED) is 0.132. The topological polar surface area (TPSA) is 110 Å². The van der Waals surface area contributed by atoms with Gasteiger partial charge in [0.2, 0.25) is 0 Å². The van der Waals surface area contributed by atoms with Crippen molar-refractivity contribution < 1.29 is 4.39 Å². The lowest BCUT2D eigenvalue weighted by Gasteiger charge is -2.13. The van der Waals surface area contributed by atoms with Gasteiger partial charge in [0, 0.05) is 60.2 Å². The summed E-state index contributed by atoms with van der Waals surface area (Å²) in [7, 11) is 4.03. The molecule has 230 valence electrons. The van der Waals surface area contributed by atoms with Gasteiger partial charge in [0.05, 0.1) is 23.1 Å². The van der Waals surface area contributed by atoms with E-state index in [0.717, 1.165) is 93.4 Å². The van der Waals surface area contributed by atoms with E-state index in [-0.39, 0.29) is 5.82 Å². The molecule has 1 aliphatic rings. The molecule has 1 saturated carbocycles. The normalized spacial score (nSPS) is 13.9. The van der Waals surface area contributed by atoms with Gasteiger partial charge in [0.25, 0.3) is 0 Å². The van der Waals surface area contributed by atoms with Gasteiger partial charge in [-0.2, -0.15) is 5.10 Å². The highest BCUT2D eigenvalue weighted by Crippen LogP contribution is 2.35. The largest absolute Gasteiger partial charge is 0.384 e. The van der Waals surface area contributed by atoms with Gasteiger partial charge in [-0.05, 0) is 98.6 Å². The van der Waals surface area contributed by atoms with E-state index in [1.165, 1.54) is 31.7 Å². The summed E-state index contributed by atoms with van der Waals surface area (Å²) in [6.07, 6.45) is 12.7. The summed E-state index contributed by atoms with van der Waals surface area (Å²) in [5, 5.41) is 16.6. The Morgan fingerprint density at radius 1 is 0.956 bits per heavy atom. The van der Waals surface area contributed by atoms with Crippen LogP contribution in [-0.4, -0.2) is 68.8 Å². The van der Waals surface area contributed by atoms with Gasteiger partial charge < -0.3 is 20.5 Å². The third kappa shape index (κ3) is 6.43. The lowest BCUT2D eigenvalue weighted by Crippen LogP contribution is -2.20. The number of anilines is 1. The molecule has 0 atom stereocenters. The van der Waals surface area contributed by atoms with E-state index in [2.05, 4.69) is 52.8 Å². The zero-order valence-electron chi connectivity index (χ0n) is 25.7. The zero-order chi connectivity index (χ0) is 30.8. The minimum Gasteiger partial charge on any atom is -0.384 e. The van der Waals surface area contributed by atoms with Crippen LogP contribution in [0.15, 0.2) is 67.3 Å². The second-order valence-electron chi connectivity index (χ2n) is 12.3. The summed E-state index contributed by atoms with van der Waals surface area (Å²) in [6.45, 7) is 3.42. The van der Waals surface area contributed by atoms with E-state index in [1.807, 2.05) is 50.9 Å². The molecular formula is C35H38FN9. The fourth-order valence-corrected chi connectivity index (χ4v) is 6.32. The molecule has 5 heterocycles. The maximum absolute atomic E-state index is 14.7. The Balaban J connectivity index is 1.17. The number of nitrogens with zero attached hydrogens (tertiary/aromatic N) is 5. The molecule has 7 rings (SSSR count). The Morgan fingerprint density at radius 2 is 1.84 bits per heavy atom. The van der Waals surface area contributed by atoms with E-state index in [9.17, 15) is 4.39 Å². The maximum atomic E-state index is 14.7. The van der Waals surface area contributed by atoms with Crippen LogP contribution in [0.1, 0.15) is 31.2 Å². The van der Waals surface area contributed by atoms with Crippen LogP contribution in [0.5, 0.6) is 0 Å².